The molecule has 6 heteroatoms. The number of H-pyrrole nitrogens is 1. The molecule has 1 amide bonds. The van der Waals surface area contributed by atoms with Crippen molar-refractivity contribution in [2.24, 2.45) is 5.10 Å². The molecule has 1 heterocycles. The molecule has 1 aromatic heterocycles. The maximum Gasteiger partial charge on any atom is 0.273 e. The molecule has 3 N–H and O–H groups in total. The summed E-state index contributed by atoms with van der Waals surface area (Å²) >= 11 is 3.43. The first-order chi connectivity index (χ1) is 11.1. The van der Waals surface area contributed by atoms with Crippen LogP contribution in [0.1, 0.15) is 17.2 Å². The molecule has 2 aromatic carbocycles. The van der Waals surface area contributed by atoms with Crippen molar-refractivity contribution in [2.75, 3.05) is 0 Å². The first kappa shape index (κ1) is 15.5. The molecule has 116 valence electrons. The molecule has 0 bridgehead atoms. The standard InChI is InChI=1S/C17H14BrN3O2/c18-13-6-7-15-14(8-13)12(9-19-15)10-20-21-17(23)16(22)11-4-2-1-3-5-11/h1-10,16,19,22H,(H,21,23)/b20-10-/t16-/m0/s1. The van der Waals surface area contributed by atoms with Gasteiger partial charge < -0.3 is 10.1 Å². The van der Waals surface area contributed by atoms with Crippen LogP contribution >= 0.6 is 15.9 Å². The lowest BCUT2D eigenvalue weighted by atomic mass is 10.1. The van der Waals surface area contributed by atoms with Crippen molar-refractivity contribution in [2.45, 2.75) is 6.10 Å². The predicted octanol–water partition coefficient (Wildman–Crippen LogP) is 3.11. The maximum atomic E-state index is 11.9. The lowest BCUT2D eigenvalue weighted by Gasteiger charge is -2.08. The van der Waals surface area contributed by atoms with Crippen LogP contribution in [-0.4, -0.2) is 22.2 Å². The van der Waals surface area contributed by atoms with Crippen molar-refractivity contribution in [3.8, 4) is 0 Å². The molecule has 3 aromatic rings. The van der Waals surface area contributed by atoms with E-state index in [4.69, 9.17) is 0 Å². The number of aromatic nitrogens is 1. The van der Waals surface area contributed by atoms with Gasteiger partial charge in [-0.1, -0.05) is 46.3 Å². The highest BCUT2D eigenvalue weighted by Crippen LogP contribution is 2.21. The van der Waals surface area contributed by atoms with Crippen molar-refractivity contribution in [3.63, 3.8) is 0 Å². The number of nitrogens with one attached hydrogen (secondary N) is 2. The van der Waals surface area contributed by atoms with E-state index >= 15 is 0 Å². The van der Waals surface area contributed by atoms with Crippen molar-refractivity contribution >= 4 is 39.0 Å². The van der Waals surface area contributed by atoms with E-state index in [0.717, 1.165) is 20.9 Å². The van der Waals surface area contributed by atoms with Crippen molar-refractivity contribution in [1.82, 2.24) is 10.4 Å². The number of fused-ring (bicyclic) bond motifs is 1. The molecule has 0 spiro atoms. The average Bonchev–Trinajstić information content (AvgIpc) is 2.97. The number of carbonyl (C=O) groups excluding carboxylic acids is 1. The Bertz CT molecular complexity index is 859. The van der Waals surface area contributed by atoms with Crippen LogP contribution in [0.4, 0.5) is 0 Å². The molecular weight excluding hydrogens is 358 g/mol. The van der Waals surface area contributed by atoms with Crippen LogP contribution in [-0.2, 0) is 4.79 Å². The zero-order valence-corrected chi connectivity index (χ0v) is 13.6. The van der Waals surface area contributed by atoms with Gasteiger partial charge in [0.1, 0.15) is 0 Å². The fourth-order valence-corrected chi connectivity index (χ4v) is 2.60. The minimum atomic E-state index is -1.24. The summed E-state index contributed by atoms with van der Waals surface area (Å²) in [6, 6.07) is 14.6. The number of aliphatic hydroxyl groups excluding tert-OH is 1. The number of aromatic amines is 1. The SMILES string of the molecule is O=C(N/N=C\c1c[nH]c2ccc(Br)cc12)[C@@H](O)c1ccccc1. The largest absolute Gasteiger partial charge is 0.378 e. The van der Waals surface area contributed by atoms with Gasteiger partial charge in [0.05, 0.1) is 6.21 Å². The fourth-order valence-electron chi connectivity index (χ4n) is 2.23. The maximum absolute atomic E-state index is 11.9. The predicted molar refractivity (Wildman–Crippen MR) is 93.1 cm³/mol. The smallest absolute Gasteiger partial charge is 0.273 e. The van der Waals surface area contributed by atoms with Crippen molar-refractivity contribution in [3.05, 3.63) is 70.3 Å². The van der Waals surface area contributed by atoms with Gasteiger partial charge >= 0.3 is 0 Å². The normalized spacial score (nSPS) is 12.6. The van der Waals surface area contributed by atoms with Gasteiger partial charge in [0.2, 0.25) is 0 Å². The summed E-state index contributed by atoms with van der Waals surface area (Å²) in [6.07, 6.45) is 2.10. The monoisotopic (exact) mass is 371 g/mol. The van der Waals surface area contributed by atoms with Gasteiger partial charge in [0.15, 0.2) is 6.10 Å². The number of halogens is 1. The minimum absolute atomic E-state index is 0.524. The third-order valence-electron chi connectivity index (χ3n) is 3.42. The van der Waals surface area contributed by atoms with Gasteiger partial charge in [0.25, 0.3) is 5.91 Å². The molecule has 0 aliphatic heterocycles. The van der Waals surface area contributed by atoms with Crippen LogP contribution in [0.2, 0.25) is 0 Å². The highest BCUT2D eigenvalue weighted by Gasteiger charge is 2.16. The first-order valence-electron chi connectivity index (χ1n) is 6.98. The van der Waals surface area contributed by atoms with Gasteiger partial charge in [-0.25, -0.2) is 5.43 Å². The fraction of sp³-hybridized carbons (Fsp3) is 0.0588. The minimum Gasteiger partial charge on any atom is -0.378 e. The topological polar surface area (TPSA) is 77.5 Å². The molecule has 0 aliphatic rings. The molecule has 0 saturated heterocycles. The van der Waals surface area contributed by atoms with Crippen molar-refractivity contribution < 1.29 is 9.90 Å². The van der Waals surface area contributed by atoms with E-state index in [9.17, 15) is 9.90 Å². The Hall–Kier alpha value is -2.44. The number of rotatable bonds is 4. The third-order valence-corrected chi connectivity index (χ3v) is 3.91. The molecule has 0 saturated carbocycles. The lowest BCUT2D eigenvalue weighted by molar-refractivity contribution is -0.129. The van der Waals surface area contributed by atoms with E-state index in [1.54, 1.807) is 36.7 Å². The Labute approximate surface area is 141 Å². The summed E-state index contributed by atoms with van der Waals surface area (Å²) in [5, 5.41) is 14.9. The second kappa shape index (κ2) is 6.76. The average molecular weight is 372 g/mol. The van der Waals surface area contributed by atoms with Crippen LogP contribution in [0.5, 0.6) is 0 Å². The summed E-state index contributed by atoms with van der Waals surface area (Å²) in [7, 11) is 0. The number of aliphatic hydroxyl groups is 1. The molecule has 5 nitrogen and oxygen atoms in total. The molecule has 3 rings (SSSR count). The second-order valence-electron chi connectivity index (χ2n) is 4.98. The number of amides is 1. The van der Waals surface area contributed by atoms with Crippen LogP contribution in [0, 0.1) is 0 Å². The molecule has 23 heavy (non-hydrogen) atoms. The number of benzene rings is 2. The Morgan fingerprint density at radius 1 is 1.26 bits per heavy atom. The Morgan fingerprint density at radius 2 is 2.04 bits per heavy atom. The van der Waals surface area contributed by atoms with E-state index in [-0.39, 0.29) is 0 Å². The van der Waals surface area contributed by atoms with Crippen LogP contribution in [0.15, 0.2) is 64.3 Å². The van der Waals surface area contributed by atoms with Gasteiger partial charge in [-0.05, 0) is 23.8 Å². The Balaban J connectivity index is 1.70. The molecule has 0 fully saturated rings. The van der Waals surface area contributed by atoms with Gasteiger partial charge in [-0.3, -0.25) is 4.79 Å². The molecular formula is C17H14BrN3O2. The van der Waals surface area contributed by atoms with Crippen LogP contribution < -0.4 is 5.43 Å². The summed E-state index contributed by atoms with van der Waals surface area (Å²) < 4.78 is 0.961. The Morgan fingerprint density at radius 3 is 2.83 bits per heavy atom. The van der Waals surface area contributed by atoms with E-state index in [0.29, 0.717) is 5.56 Å². The van der Waals surface area contributed by atoms with E-state index in [2.05, 4.69) is 31.4 Å². The summed E-state index contributed by atoms with van der Waals surface area (Å²) in [6.45, 7) is 0. The van der Waals surface area contributed by atoms with Crippen molar-refractivity contribution in [1.29, 1.82) is 0 Å². The highest BCUT2D eigenvalue weighted by molar-refractivity contribution is 9.10. The van der Waals surface area contributed by atoms with Gasteiger partial charge in [-0.15, -0.1) is 0 Å². The van der Waals surface area contributed by atoms with E-state index in [1.165, 1.54) is 0 Å². The molecule has 0 aliphatic carbocycles. The summed E-state index contributed by atoms with van der Waals surface area (Å²) in [5.41, 5.74) is 4.70. The zero-order valence-electron chi connectivity index (χ0n) is 12.0. The highest BCUT2D eigenvalue weighted by atomic mass is 79.9. The van der Waals surface area contributed by atoms with E-state index < -0.39 is 12.0 Å². The van der Waals surface area contributed by atoms with Gasteiger partial charge in [0, 0.05) is 27.1 Å². The number of nitrogens with zero attached hydrogens (tertiary/aromatic N) is 1. The quantitative estimate of drug-likeness (QED) is 0.486. The zero-order chi connectivity index (χ0) is 16.2. The molecule has 1 atom stereocenters. The summed E-state index contributed by atoms with van der Waals surface area (Å²) in [4.78, 5) is 15.0. The second-order valence-corrected chi connectivity index (χ2v) is 5.90. The van der Waals surface area contributed by atoms with Crippen LogP contribution in [0.3, 0.4) is 0 Å². The third kappa shape index (κ3) is 3.49. The lowest BCUT2D eigenvalue weighted by Crippen LogP contribution is -2.25. The van der Waals surface area contributed by atoms with E-state index in [1.807, 2.05) is 24.3 Å². The molecule has 0 unspecified atom stereocenters. The number of hydrogen-bond acceptors (Lipinski definition) is 3. The summed E-state index contributed by atoms with van der Waals surface area (Å²) in [5.74, 6) is -0.575. The van der Waals surface area contributed by atoms with Gasteiger partial charge in [-0.2, -0.15) is 5.10 Å². The van der Waals surface area contributed by atoms with Crippen LogP contribution in [0.25, 0.3) is 10.9 Å². The number of carbonyl (C=O) groups is 1. The number of hydrazone groups is 1. The number of hydrogen-bond donors (Lipinski definition) is 3. The first-order valence-corrected chi connectivity index (χ1v) is 7.77. The molecule has 0 radical (unpaired) electrons. The Kier molecular flexibility index (Phi) is 4.55.